The summed E-state index contributed by atoms with van der Waals surface area (Å²) in [5, 5.41) is 9.44. The molecule has 2 rings (SSSR count). The molecule has 0 aliphatic carbocycles. The molecule has 1 atom stereocenters. The summed E-state index contributed by atoms with van der Waals surface area (Å²) in [4.78, 5) is 0. The lowest BCUT2D eigenvalue weighted by molar-refractivity contribution is -0.0146. The van der Waals surface area contributed by atoms with Crippen LogP contribution in [-0.4, -0.2) is 24.4 Å². The fourth-order valence-corrected chi connectivity index (χ4v) is 2.48. The maximum atomic E-state index is 9.44. The van der Waals surface area contributed by atoms with Gasteiger partial charge in [0.1, 0.15) is 18.1 Å². The SMILES string of the molecule is CCC(c1ccc(O)cc1)c1ccc(OCC(C)(C)OC)cc1. The lowest BCUT2D eigenvalue weighted by Crippen LogP contribution is -2.30. The van der Waals surface area contributed by atoms with Crippen LogP contribution in [0.2, 0.25) is 0 Å². The zero-order valence-corrected chi connectivity index (χ0v) is 14.4. The van der Waals surface area contributed by atoms with E-state index in [4.69, 9.17) is 9.47 Å². The molecule has 0 radical (unpaired) electrons. The van der Waals surface area contributed by atoms with Gasteiger partial charge in [0.15, 0.2) is 0 Å². The van der Waals surface area contributed by atoms with Gasteiger partial charge >= 0.3 is 0 Å². The van der Waals surface area contributed by atoms with E-state index in [0.29, 0.717) is 18.3 Å². The van der Waals surface area contributed by atoms with Crippen LogP contribution < -0.4 is 4.74 Å². The van der Waals surface area contributed by atoms with Crippen molar-refractivity contribution in [1.82, 2.24) is 0 Å². The highest BCUT2D eigenvalue weighted by molar-refractivity contribution is 5.37. The summed E-state index contributed by atoms with van der Waals surface area (Å²) in [6.45, 7) is 6.68. The topological polar surface area (TPSA) is 38.7 Å². The van der Waals surface area contributed by atoms with Gasteiger partial charge in [0.25, 0.3) is 0 Å². The number of benzene rings is 2. The maximum absolute atomic E-state index is 9.44. The van der Waals surface area contributed by atoms with E-state index in [9.17, 15) is 5.11 Å². The Morgan fingerprint density at radius 2 is 1.48 bits per heavy atom. The van der Waals surface area contributed by atoms with E-state index in [-0.39, 0.29) is 5.60 Å². The molecule has 124 valence electrons. The molecule has 0 fully saturated rings. The molecule has 0 aliphatic rings. The first-order valence-electron chi connectivity index (χ1n) is 8.02. The molecule has 0 saturated carbocycles. The second kappa shape index (κ2) is 7.51. The van der Waals surface area contributed by atoms with Crippen LogP contribution in [0.4, 0.5) is 0 Å². The highest BCUT2D eigenvalue weighted by Crippen LogP contribution is 2.30. The molecular weight excluding hydrogens is 288 g/mol. The Labute approximate surface area is 138 Å². The molecule has 0 aliphatic heterocycles. The molecule has 3 nitrogen and oxygen atoms in total. The predicted molar refractivity (Wildman–Crippen MR) is 93.3 cm³/mol. The van der Waals surface area contributed by atoms with Crippen molar-refractivity contribution in [3.63, 3.8) is 0 Å². The molecule has 2 aromatic carbocycles. The van der Waals surface area contributed by atoms with Crippen LogP contribution >= 0.6 is 0 Å². The van der Waals surface area contributed by atoms with Crippen molar-refractivity contribution in [2.75, 3.05) is 13.7 Å². The number of phenols is 1. The average molecular weight is 314 g/mol. The third kappa shape index (κ3) is 4.73. The number of ether oxygens (including phenoxy) is 2. The van der Waals surface area contributed by atoms with Crippen LogP contribution in [0.5, 0.6) is 11.5 Å². The fraction of sp³-hybridized carbons (Fsp3) is 0.400. The predicted octanol–water partition coefficient (Wildman–Crippen LogP) is 4.74. The molecule has 1 unspecified atom stereocenters. The first-order chi connectivity index (χ1) is 10.9. The van der Waals surface area contributed by atoms with Crippen molar-refractivity contribution >= 4 is 0 Å². The second-order valence-electron chi connectivity index (χ2n) is 6.37. The Bertz CT molecular complexity index is 600. The molecule has 3 heteroatoms. The number of hydrogen-bond donors (Lipinski definition) is 1. The van der Waals surface area contributed by atoms with Crippen molar-refractivity contribution in [2.24, 2.45) is 0 Å². The van der Waals surface area contributed by atoms with E-state index < -0.39 is 0 Å². The summed E-state index contributed by atoms with van der Waals surface area (Å²) in [6.07, 6.45) is 1.00. The van der Waals surface area contributed by atoms with Crippen LogP contribution in [0, 0.1) is 0 Å². The highest BCUT2D eigenvalue weighted by Gasteiger charge is 2.17. The largest absolute Gasteiger partial charge is 0.508 e. The van der Waals surface area contributed by atoms with Crippen molar-refractivity contribution in [3.8, 4) is 11.5 Å². The van der Waals surface area contributed by atoms with Crippen molar-refractivity contribution in [3.05, 3.63) is 59.7 Å². The van der Waals surface area contributed by atoms with Gasteiger partial charge in [-0.1, -0.05) is 31.2 Å². The van der Waals surface area contributed by atoms with Gasteiger partial charge in [-0.3, -0.25) is 0 Å². The molecular formula is C20H26O3. The van der Waals surface area contributed by atoms with Crippen LogP contribution in [0.3, 0.4) is 0 Å². The summed E-state index contributed by atoms with van der Waals surface area (Å²) >= 11 is 0. The fourth-order valence-electron chi connectivity index (χ4n) is 2.48. The molecule has 0 bridgehead atoms. The molecule has 0 amide bonds. The lowest BCUT2D eigenvalue weighted by Gasteiger charge is -2.23. The van der Waals surface area contributed by atoms with Crippen molar-refractivity contribution < 1.29 is 14.6 Å². The monoisotopic (exact) mass is 314 g/mol. The van der Waals surface area contributed by atoms with Crippen LogP contribution in [-0.2, 0) is 4.74 Å². The zero-order chi connectivity index (χ0) is 16.9. The van der Waals surface area contributed by atoms with E-state index >= 15 is 0 Å². The molecule has 0 heterocycles. The molecule has 1 N–H and O–H groups in total. The third-order valence-corrected chi connectivity index (χ3v) is 4.13. The minimum absolute atomic E-state index is 0.295. The Morgan fingerprint density at radius 3 is 1.96 bits per heavy atom. The van der Waals surface area contributed by atoms with E-state index in [2.05, 4.69) is 19.1 Å². The Morgan fingerprint density at radius 1 is 0.957 bits per heavy atom. The summed E-state index contributed by atoms with van der Waals surface area (Å²) in [6, 6.07) is 15.7. The molecule has 23 heavy (non-hydrogen) atoms. The van der Waals surface area contributed by atoms with Gasteiger partial charge in [0.05, 0.1) is 5.60 Å². The summed E-state index contributed by atoms with van der Waals surface area (Å²) < 4.78 is 11.2. The number of methoxy groups -OCH3 is 1. The molecule has 0 aromatic heterocycles. The van der Waals surface area contributed by atoms with Gasteiger partial charge in [-0.25, -0.2) is 0 Å². The van der Waals surface area contributed by atoms with Crippen LogP contribution in [0.1, 0.15) is 44.2 Å². The van der Waals surface area contributed by atoms with E-state index in [1.807, 2.05) is 38.1 Å². The number of rotatable bonds is 7. The minimum Gasteiger partial charge on any atom is -0.508 e. The minimum atomic E-state index is -0.295. The Balaban J connectivity index is 2.09. The first-order valence-corrected chi connectivity index (χ1v) is 8.02. The van der Waals surface area contributed by atoms with E-state index in [1.54, 1.807) is 19.2 Å². The highest BCUT2D eigenvalue weighted by atomic mass is 16.5. The maximum Gasteiger partial charge on any atom is 0.119 e. The van der Waals surface area contributed by atoms with Gasteiger partial charge in [-0.05, 0) is 55.7 Å². The lowest BCUT2D eigenvalue weighted by atomic mass is 9.89. The number of hydrogen-bond acceptors (Lipinski definition) is 3. The second-order valence-corrected chi connectivity index (χ2v) is 6.37. The third-order valence-electron chi connectivity index (χ3n) is 4.13. The summed E-state index contributed by atoms with van der Waals surface area (Å²) in [5.41, 5.74) is 2.16. The first kappa shape index (κ1) is 17.4. The van der Waals surface area contributed by atoms with Gasteiger partial charge in [-0.15, -0.1) is 0 Å². The van der Waals surface area contributed by atoms with Gasteiger partial charge in [0, 0.05) is 13.0 Å². The number of aromatic hydroxyl groups is 1. The summed E-state index contributed by atoms with van der Waals surface area (Å²) in [7, 11) is 1.69. The van der Waals surface area contributed by atoms with E-state index in [1.165, 1.54) is 11.1 Å². The quantitative estimate of drug-likeness (QED) is 0.802. The zero-order valence-electron chi connectivity index (χ0n) is 14.4. The van der Waals surface area contributed by atoms with Crippen LogP contribution in [0.15, 0.2) is 48.5 Å². The number of phenolic OH excluding ortho intramolecular Hbond substituents is 1. The Hall–Kier alpha value is -2.00. The van der Waals surface area contributed by atoms with E-state index in [0.717, 1.165) is 12.2 Å². The standard InChI is InChI=1S/C20H26O3/c1-5-19(15-6-10-17(21)11-7-15)16-8-12-18(13-9-16)23-14-20(2,3)22-4/h6-13,19,21H,5,14H2,1-4H3. The molecule has 0 spiro atoms. The van der Waals surface area contributed by atoms with Gasteiger partial charge in [0.2, 0.25) is 0 Å². The molecule has 0 saturated heterocycles. The summed E-state index contributed by atoms with van der Waals surface area (Å²) in [5.74, 6) is 1.47. The normalized spacial score (nSPS) is 12.9. The van der Waals surface area contributed by atoms with Gasteiger partial charge in [-0.2, -0.15) is 0 Å². The average Bonchev–Trinajstić information content (AvgIpc) is 2.56. The van der Waals surface area contributed by atoms with Crippen LogP contribution in [0.25, 0.3) is 0 Å². The van der Waals surface area contributed by atoms with Crippen molar-refractivity contribution in [2.45, 2.75) is 38.7 Å². The van der Waals surface area contributed by atoms with Crippen molar-refractivity contribution in [1.29, 1.82) is 0 Å². The Kier molecular flexibility index (Phi) is 5.67. The smallest absolute Gasteiger partial charge is 0.119 e. The van der Waals surface area contributed by atoms with Gasteiger partial charge < -0.3 is 14.6 Å². The molecule has 2 aromatic rings.